The van der Waals surface area contributed by atoms with Gasteiger partial charge in [-0.3, -0.25) is 9.67 Å². The molecule has 7 nitrogen and oxygen atoms in total. The summed E-state index contributed by atoms with van der Waals surface area (Å²) in [6.07, 6.45) is 1.54. The van der Waals surface area contributed by atoms with Gasteiger partial charge >= 0.3 is 0 Å². The van der Waals surface area contributed by atoms with Crippen LogP contribution < -0.4 is 10.6 Å². The van der Waals surface area contributed by atoms with E-state index in [2.05, 4.69) is 37.8 Å². The second kappa shape index (κ2) is 10.2. The lowest BCUT2D eigenvalue weighted by molar-refractivity contribution is 0.184. The standard InChI is InChI=1S/C15H22N6O.HI/c1-16-15(18-9-14-19-11-20-21(14)2)17-8-12-6-4-5-7-13(12)10-22-3;/h4-7,11H,8-10H2,1-3H3,(H2,16,17,18);1H. The largest absolute Gasteiger partial charge is 0.380 e. The second-order valence-corrected chi connectivity index (χ2v) is 4.78. The first-order chi connectivity index (χ1) is 10.7. The highest BCUT2D eigenvalue weighted by molar-refractivity contribution is 14.0. The van der Waals surface area contributed by atoms with Crippen LogP contribution in [0.5, 0.6) is 0 Å². The van der Waals surface area contributed by atoms with Crippen LogP contribution in [-0.4, -0.2) is 34.9 Å². The summed E-state index contributed by atoms with van der Waals surface area (Å²) in [5.74, 6) is 1.57. The first-order valence-electron chi connectivity index (χ1n) is 7.07. The predicted molar refractivity (Wildman–Crippen MR) is 101 cm³/mol. The third-order valence-electron chi connectivity index (χ3n) is 3.31. The third-order valence-corrected chi connectivity index (χ3v) is 3.31. The molecular weight excluding hydrogens is 407 g/mol. The highest BCUT2D eigenvalue weighted by atomic mass is 127. The Kier molecular flexibility index (Phi) is 8.56. The number of methoxy groups -OCH3 is 1. The molecule has 0 saturated carbocycles. The molecule has 1 heterocycles. The number of hydrogen-bond acceptors (Lipinski definition) is 4. The van der Waals surface area contributed by atoms with Crippen molar-refractivity contribution in [2.75, 3.05) is 14.2 Å². The van der Waals surface area contributed by atoms with Crippen LogP contribution in [0, 0.1) is 0 Å². The van der Waals surface area contributed by atoms with Gasteiger partial charge in [0.1, 0.15) is 12.2 Å². The average molecular weight is 430 g/mol. The van der Waals surface area contributed by atoms with Crippen LogP contribution in [0.3, 0.4) is 0 Å². The monoisotopic (exact) mass is 430 g/mol. The summed E-state index contributed by atoms with van der Waals surface area (Å²) in [7, 11) is 5.31. The van der Waals surface area contributed by atoms with Crippen molar-refractivity contribution in [2.45, 2.75) is 19.7 Å². The Morgan fingerprint density at radius 1 is 1.22 bits per heavy atom. The maximum Gasteiger partial charge on any atom is 0.191 e. The summed E-state index contributed by atoms with van der Waals surface area (Å²) < 4.78 is 6.95. The summed E-state index contributed by atoms with van der Waals surface area (Å²) in [5, 5.41) is 10.5. The number of aryl methyl sites for hydroxylation is 1. The molecule has 126 valence electrons. The van der Waals surface area contributed by atoms with Gasteiger partial charge in [-0.05, 0) is 11.1 Å². The molecule has 0 aliphatic rings. The minimum atomic E-state index is 0. The second-order valence-electron chi connectivity index (χ2n) is 4.78. The van der Waals surface area contributed by atoms with Crippen LogP contribution in [-0.2, 0) is 31.5 Å². The van der Waals surface area contributed by atoms with E-state index < -0.39 is 0 Å². The van der Waals surface area contributed by atoms with E-state index in [1.807, 2.05) is 19.2 Å². The van der Waals surface area contributed by atoms with E-state index in [0.717, 1.165) is 11.8 Å². The van der Waals surface area contributed by atoms with Crippen LogP contribution in [0.4, 0.5) is 0 Å². The topological polar surface area (TPSA) is 76.4 Å². The van der Waals surface area contributed by atoms with Gasteiger partial charge in [-0.15, -0.1) is 24.0 Å². The summed E-state index contributed by atoms with van der Waals surface area (Å²) in [4.78, 5) is 8.38. The van der Waals surface area contributed by atoms with Crippen LogP contribution in [0.15, 0.2) is 35.6 Å². The molecule has 0 aliphatic heterocycles. The maximum atomic E-state index is 5.22. The van der Waals surface area contributed by atoms with E-state index in [0.29, 0.717) is 19.7 Å². The number of nitrogens with zero attached hydrogens (tertiary/aromatic N) is 4. The van der Waals surface area contributed by atoms with Crippen LogP contribution in [0.1, 0.15) is 17.0 Å². The molecule has 0 amide bonds. The van der Waals surface area contributed by atoms with Crippen molar-refractivity contribution in [1.29, 1.82) is 0 Å². The zero-order valence-corrected chi connectivity index (χ0v) is 15.9. The number of halogens is 1. The smallest absolute Gasteiger partial charge is 0.191 e. The van der Waals surface area contributed by atoms with Gasteiger partial charge in [0.2, 0.25) is 0 Å². The van der Waals surface area contributed by atoms with Crippen molar-refractivity contribution in [3.05, 3.63) is 47.5 Å². The number of benzene rings is 1. The molecule has 0 unspecified atom stereocenters. The number of aliphatic imine (C=N–C) groups is 1. The number of ether oxygens (including phenoxy) is 1. The summed E-state index contributed by atoms with van der Waals surface area (Å²) in [6.45, 7) is 1.84. The van der Waals surface area contributed by atoms with Crippen molar-refractivity contribution in [3.63, 3.8) is 0 Å². The lowest BCUT2D eigenvalue weighted by atomic mass is 10.1. The van der Waals surface area contributed by atoms with Gasteiger partial charge in [0.15, 0.2) is 5.96 Å². The molecule has 0 aliphatic carbocycles. The van der Waals surface area contributed by atoms with Crippen molar-refractivity contribution in [3.8, 4) is 0 Å². The van der Waals surface area contributed by atoms with Gasteiger partial charge in [0, 0.05) is 27.7 Å². The molecular formula is C15H23IN6O. The van der Waals surface area contributed by atoms with E-state index in [1.165, 1.54) is 17.5 Å². The quantitative estimate of drug-likeness (QED) is 0.412. The molecule has 0 bridgehead atoms. The molecule has 0 spiro atoms. The SMILES string of the molecule is CN=C(NCc1ccccc1COC)NCc1ncnn1C.I. The van der Waals surface area contributed by atoms with Crippen molar-refractivity contribution < 1.29 is 4.74 Å². The van der Waals surface area contributed by atoms with Crippen LogP contribution in [0.25, 0.3) is 0 Å². The van der Waals surface area contributed by atoms with Gasteiger partial charge in [0.25, 0.3) is 0 Å². The molecule has 0 saturated heterocycles. The molecule has 0 atom stereocenters. The zero-order valence-electron chi connectivity index (χ0n) is 13.6. The molecule has 8 heteroatoms. The minimum Gasteiger partial charge on any atom is -0.380 e. The highest BCUT2D eigenvalue weighted by Crippen LogP contribution is 2.09. The molecule has 2 aromatic rings. The lowest BCUT2D eigenvalue weighted by Gasteiger charge is -2.13. The molecule has 2 rings (SSSR count). The highest BCUT2D eigenvalue weighted by Gasteiger charge is 2.05. The number of hydrogen-bond donors (Lipinski definition) is 2. The normalized spacial score (nSPS) is 11.0. The number of guanidine groups is 1. The average Bonchev–Trinajstić information content (AvgIpc) is 2.94. The fraction of sp³-hybridized carbons (Fsp3) is 0.400. The molecule has 1 aromatic carbocycles. The van der Waals surface area contributed by atoms with E-state index in [-0.39, 0.29) is 24.0 Å². The summed E-state index contributed by atoms with van der Waals surface area (Å²) in [6, 6.07) is 8.18. The fourth-order valence-electron chi connectivity index (χ4n) is 2.07. The van der Waals surface area contributed by atoms with Crippen LogP contribution >= 0.6 is 24.0 Å². The predicted octanol–water partition coefficient (Wildman–Crippen LogP) is 1.44. The molecule has 1 aromatic heterocycles. The maximum absolute atomic E-state index is 5.22. The van der Waals surface area contributed by atoms with Crippen molar-refractivity contribution in [1.82, 2.24) is 25.4 Å². The minimum absolute atomic E-state index is 0. The van der Waals surface area contributed by atoms with Gasteiger partial charge in [-0.1, -0.05) is 24.3 Å². The Morgan fingerprint density at radius 3 is 2.52 bits per heavy atom. The fourth-order valence-corrected chi connectivity index (χ4v) is 2.07. The first kappa shape index (κ1) is 19.4. The van der Waals surface area contributed by atoms with Crippen LogP contribution in [0.2, 0.25) is 0 Å². The first-order valence-corrected chi connectivity index (χ1v) is 7.07. The van der Waals surface area contributed by atoms with Gasteiger partial charge < -0.3 is 15.4 Å². The Labute approximate surface area is 153 Å². The van der Waals surface area contributed by atoms with E-state index in [1.54, 1.807) is 18.8 Å². The number of nitrogens with one attached hydrogen (secondary N) is 2. The van der Waals surface area contributed by atoms with E-state index in [4.69, 9.17) is 4.74 Å². The van der Waals surface area contributed by atoms with E-state index in [9.17, 15) is 0 Å². The lowest BCUT2D eigenvalue weighted by Crippen LogP contribution is -2.37. The van der Waals surface area contributed by atoms with Gasteiger partial charge in [-0.2, -0.15) is 5.10 Å². The van der Waals surface area contributed by atoms with Crippen molar-refractivity contribution >= 4 is 29.9 Å². The third kappa shape index (κ3) is 5.79. The molecule has 0 fully saturated rings. The Bertz CT molecular complexity index is 628. The molecule has 0 radical (unpaired) electrons. The van der Waals surface area contributed by atoms with Gasteiger partial charge in [-0.25, -0.2) is 4.98 Å². The van der Waals surface area contributed by atoms with Gasteiger partial charge in [0.05, 0.1) is 13.2 Å². The Hall–Kier alpha value is -1.68. The Morgan fingerprint density at radius 2 is 1.91 bits per heavy atom. The Balaban J connectivity index is 0.00000264. The summed E-state index contributed by atoms with van der Waals surface area (Å²) >= 11 is 0. The molecule has 23 heavy (non-hydrogen) atoms. The number of aromatic nitrogens is 3. The zero-order chi connectivity index (χ0) is 15.8. The molecule has 2 N–H and O–H groups in total. The summed E-state index contributed by atoms with van der Waals surface area (Å²) in [5.41, 5.74) is 2.35. The van der Waals surface area contributed by atoms with E-state index >= 15 is 0 Å². The van der Waals surface area contributed by atoms with Crippen molar-refractivity contribution in [2.24, 2.45) is 12.0 Å². The number of rotatable bonds is 6.